The van der Waals surface area contributed by atoms with Gasteiger partial charge in [0.15, 0.2) is 0 Å². The first-order valence-electron chi connectivity index (χ1n) is 5.66. The Labute approximate surface area is 131 Å². The van der Waals surface area contributed by atoms with Crippen LogP contribution < -0.4 is 10.9 Å². The highest BCUT2D eigenvalue weighted by Gasteiger charge is 2.14. The Morgan fingerprint density at radius 2 is 1.70 bits per heavy atom. The average Bonchev–Trinajstić information content (AvgIpc) is 2.66. The Morgan fingerprint density at radius 1 is 1.10 bits per heavy atom. The minimum atomic E-state index is -0.346. The van der Waals surface area contributed by atoms with Gasteiger partial charge in [-0.3, -0.25) is 15.6 Å². The quantitative estimate of drug-likeness (QED) is 0.806. The molecule has 0 bridgehead atoms. The molecule has 0 atom stereocenters. The summed E-state index contributed by atoms with van der Waals surface area (Å²) in [6, 6.07) is 4.70. The Hall–Kier alpha value is -1.36. The maximum absolute atomic E-state index is 12.0. The van der Waals surface area contributed by atoms with Crippen molar-refractivity contribution in [3.05, 3.63) is 50.4 Å². The van der Waals surface area contributed by atoms with Gasteiger partial charge in [0, 0.05) is 5.02 Å². The fourth-order valence-corrected chi connectivity index (χ4v) is 2.62. The molecule has 0 aliphatic heterocycles. The van der Waals surface area contributed by atoms with E-state index in [0.29, 0.717) is 37.8 Å². The summed E-state index contributed by atoms with van der Waals surface area (Å²) in [7, 11) is 0. The number of hydrogen-bond donors (Lipinski definition) is 2. The molecule has 7 heteroatoms. The zero-order valence-electron chi connectivity index (χ0n) is 10.7. The molecule has 0 spiro atoms. The highest BCUT2D eigenvalue weighted by molar-refractivity contribution is 6.41. The van der Waals surface area contributed by atoms with Crippen LogP contribution in [0.5, 0.6) is 0 Å². The van der Waals surface area contributed by atoms with E-state index in [4.69, 9.17) is 39.2 Å². The molecule has 106 valence electrons. The standard InChI is InChI=1S/C13H11Cl3N2O2/c1-6-3-9(7(2)20-6)13(19)18-17-12-10(15)4-8(14)5-11(12)16/h3-5,17H,1-2H3,(H,18,19). The molecular weight excluding hydrogens is 323 g/mol. The molecule has 20 heavy (non-hydrogen) atoms. The summed E-state index contributed by atoms with van der Waals surface area (Å²) < 4.78 is 5.29. The van der Waals surface area contributed by atoms with Crippen molar-refractivity contribution in [3.8, 4) is 0 Å². The predicted molar refractivity (Wildman–Crippen MR) is 80.7 cm³/mol. The van der Waals surface area contributed by atoms with E-state index in [-0.39, 0.29) is 5.91 Å². The van der Waals surface area contributed by atoms with E-state index >= 15 is 0 Å². The molecular formula is C13H11Cl3N2O2. The number of carbonyl (C=O) groups is 1. The van der Waals surface area contributed by atoms with Crippen LogP contribution in [0.1, 0.15) is 21.9 Å². The van der Waals surface area contributed by atoms with E-state index in [2.05, 4.69) is 10.9 Å². The van der Waals surface area contributed by atoms with Crippen molar-refractivity contribution >= 4 is 46.4 Å². The zero-order chi connectivity index (χ0) is 14.9. The van der Waals surface area contributed by atoms with Crippen LogP contribution in [0.15, 0.2) is 22.6 Å². The van der Waals surface area contributed by atoms with Gasteiger partial charge in [-0.05, 0) is 32.0 Å². The van der Waals surface area contributed by atoms with Gasteiger partial charge in [-0.25, -0.2) is 0 Å². The van der Waals surface area contributed by atoms with Crippen molar-refractivity contribution in [2.75, 3.05) is 5.43 Å². The molecule has 2 aromatic rings. The third-order valence-corrected chi connectivity index (χ3v) is 3.41. The lowest BCUT2D eigenvalue weighted by molar-refractivity contribution is 0.0961. The molecule has 0 saturated carbocycles. The van der Waals surface area contributed by atoms with Gasteiger partial charge in [0.2, 0.25) is 0 Å². The van der Waals surface area contributed by atoms with Crippen LogP contribution in [0.2, 0.25) is 15.1 Å². The van der Waals surface area contributed by atoms with E-state index in [1.807, 2.05) is 0 Å². The molecule has 1 aromatic heterocycles. The fraction of sp³-hybridized carbons (Fsp3) is 0.154. The van der Waals surface area contributed by atoms with Gasteiger partial charge in [0.05, 0.1) is 21.3 Å². The van der Waals surface area contributed by atoms with Crippen LogP contribution >= 0.6 is 34.8 Å². The molecule has 0 unspecified atom stereocenters. The summed E-state index contributed by atoms with van der Waals surface area (Å²) in [5.41, 5.74) is 6.01. The van der Waals surface area contributed by atoms with E-state index in [1.165, 1.54) is 12.1 Å². The highest BCUT2D eigenvalue weighted by Crippen LogP contribution is 2.33. The molecule has 0 aliphatic carbocycles. The van der Waals surface area contributed by atoms with Crippen LogP contribution in [0.4, 0.5) is 5.69 Å². The maximum Gasteiger partial charge on any atom is 0.273 e. The number of hydrogen-bond acceptors (Lipinski definition) is 3. The van der Waals surface area contributed by atoms with Gasteiger partial charge < -0.3 is 4.42 Å². The van der Waals surface area contributed by atoms with Gasteiger partial charge >= 0.3 is 0 Å². The Balaban J connectivity index is 2.13. The number of halogens is 3. The first-order valence-corrected chi connectivity index (χ1v) is 6.80. The molecule has 0 aliphatic rings. The van der Waals surface area contributed by atoms with E-state index in [9.17, 15) is 4.79 Å². The topological polar surface area (TPSA) is 54.3 Å². The normalized spacial score (nSPS) is 10.4. The van der Waals surface area contributed by atoms with Crippen LogP contribution in [-0.4, -0.2) is 5.91 Å². The number of rotatable bonds is 3. The van der Waals surface area contributed by atoms with Crippen molar-refractivity contribution in [2.24, 2.45) is 0 Å². The monoisotopic (exact) mass is 332 g/mol. The van der Waals surface area contributed by atoms with Crippen LogP contribution in [0, 0.1) is 13.8 Å². The number of amides is 1. The van der Waals surface area contributed by atoms with Crippen molar-refractivity contribution < 1.29 is 9.21 Å². The third-order valence-electron chi connectivity index (χ3n) is 2.59. The van der Waals surface area contributed by atoms with E-state index in [0.717, 1.165) is 0 Å². The second kappa shape index (κ2) is 5.95. The van der Waals surface area contributed by atoms with Gasteiger partial charge in [-0.2, -0.15) is 0 Å². The number of hydrazine groups is 1. The number of furan rings is 1. The summed E-state index contributed by atoms with van der Waals surface area (Å²) in [6.07, 6.45) is 0. The molecule has 0 saturated heterocycles. The number of aryl methyl sites for hydroxylation is 2. The van der Waals surface area contributed by atoms with Crippen molar-refractivity contribution in [3.63, 3.8) is 0 Å². The lowest BCUT2D eigenvalue weighted by atomic mass is 10.2. The predicted octanol–water partition coefficient (Wildman–Crippen LogP) is 4.61. The minimum absolute atomic E-state index is 0.308. The van der Waals surface area contributed by atoms with Crippen LogP contribution in [-0.2, 0) is 0 Å². The van der Waals surface area contributed by atoms with E-state index in [1.54, 1.807) is 19.9 Å². The fourth-order valence-electron chi connectivity index (χ4n) is 1.70. The number of carbonyl (C=O) groups excluding carboxylic acids is 1. The lowest BCUT2D eigenvalue weighted by Gasteiger charge is -2.11. The summed E-state index contributed by atoms with van der Waals surface area (Å²) in [6.45, 7) is 3.48. The summed E-state index contributed by atoms with van der Waals surface area (Å²) in [5.74, 6) is 0.853. The first kappa shape index (κ1) is 15.0. The number of anilines is 1. The van der Waals surface area contributed by atoms with Gasteiger partial charge in [0.25, 0.3) is 5.91 Å². The molecule has 2 rings (SSSR count). The molecule has 1 aromatic carbocycles. The molecule has 0 radical (unpaired) electrons. The Kier molecular flexibility index (Phi) is 4.48. The van der Waals surface area contributed by atoms with Crippen molar-refractivity contribution in [1.82, 2.24) is 5.43 Å². The SMILES string of the molecule is Cc1cc(C(=O)NNc2c(Cl)cc(Cl)cc2Cl)c(C)o1. The molecule has 1 heterocycles. The van der Waals surface area contributed by atoms with E-state index < -0.39 is 0 Å². The van der Waals surface area contributed by atoms with Crippen molar-refractivity contribution in [1.29, 1.82) is 0 Å². The molecule has 2 N–H and O–H groups in total. The Bertz CT molecular complexity index is 645. The summed E-state index contributed by atoms with van der Waals surface area (Å²) in [5, 5.41) is 1.03. The zero-order valence-corrected chi connectivity index (χ0v) is 13.0. The average molecular weight is 334 g/mol. The highest BCUT2D eigenvalue weighted by atomic mass is 35.5. The summed E-state index contributed by atoms with van der Waals surface area (Å²) in [4.78, 5) is 12.0. The van der Waals surface area contributed by atoms with Crippen LogP contribution in [0.3, 0.4) is 0 Å². The smallest absolute Gasteiger partial charge is 0.273 e. The maximum atomic E-state index is 12.0. The molecule has 4 nitrogen and oxygen atoms in total. The Morgan fingerprint density at radius 3 is 2.20 bits per heavy atom. The van der Waals surface area contributed by atoms with Gasteiger partial charge in [-0.1, -0.05) is 34.8 Å². The lowest BCUT2D eigenvalue weighted by Crippen LogP contribution is -2.29. The minimum Gasteiger partial charge on any atom is -0.466 e. The first-order chi connectivity index (χ1) is 9.38. The number of nitrogens with one attached hydrogen (secondary N) is 2. The molecule has 0 fully saturated rings. The van der Waals surface area contributed by atoms with Gasteiger partial charge in [0.1, 0.15) is 11.5 Å². The largest absolute Gasteiger partial charge is 0.466 e. The second-order valence-electron chi connectivity index (χ2n) is 4.15. The summed E-state index contributed by atoms with van der Waals surface area (Å²) >= 11 is 17.8. The molecule has 1 amide bonds. The van der Waals surface area contributed by atoms with Gasteiger partial charge in [-0.15, -0.1) is 0 Å². The second-order valence-corrected chi connectivity index (χ2v) is 5.40. The van der Waals surface area contributed by atoms with Crippen molar-refractivity contribution in [2.45, 2.75) is 13.8 Å². The number of benzene rings is 1. The third kappa shape index (κ3) is 3.20. The van der Waals surface area contributed by atoms with Crippen LogP contribution in [0.25, 0.3) is 0 Å².